The molecule has 1 aliphatic heterocycles. The monoisotopic (exact) mass is 844 g/mol. The van der Waals surface area contributed by atoms with Crippen molar-refractivity contribution >= 4 is 63.6 Å². The first-order valence-electron chi connectivity index (χ1n) is 19.7. The number of hydrogen-bond acceptors (Lipinski definition) is 11. The predicted molar refractivity (Wildman–Crippen MR) is 240 cm³/mol. The van der Waals surface area contributed by atoms with E-state index in [2.05, 4.69) is 65.2 Å². The number of H-pyrrole nitrogens is 1. The molecule has 0 radical (unpaired) electrons. The Balaban J connectivity index is 0.000000245. The molecule has 0 spiro atoms. The summed E-state index contributed by atoms with van der Waals surface area (Å²) in [6.45, 7) is 10.4. The Morgan fingerprint density at radius 3 is 2.36 bits per heavy atom. The summed E-state index contributed by atoms with van der Waals surface area (Å²) >= 11 is 7.64. The van der Waals surface area contributed by atoms with E-state index in [1.165, 1.54) is 12.5 Å². The summed E-state index contributed by atoms with van der Waals surface area (Å²) < 4.78 is 5.45. The molecule has 0 unspecified atom stereocenters. The normalized spacial score (nSPS) is 13.0. The molecule has 59 heavy (non-hydrogen) atoms. The number of pyridine rings is 1. The van der Waals surface area contributed by atoms with E-state index in [4.69, 9.17) is 22.1 Å². The third-order valence-electron chi connectivity index (χ3n) is 9.39. The molecule has 0 aliphatic carbocycles. The van der Waals surface area contributed by atoms with Crippen LogP contribution in [0.3, 0.4) is 0 Å². The standard InChI is InChI=1S/C22H30N4O3.C19H21ClN6O.C2H6S/c1-4-17-7-6-8-18(13-17)19-14-20(26-16(3)27)21(25-15-19)22(28)24-10-12-29-11-9-23-5-2;20-14-3-1-13(2-4-14)11-23-18(27)19(21)6-9-26(10-7-19)17-15-5-8-22-16(15)24-12-25-17;1-3-2/h6-8,13-15,23H,4-5,9-12H2,1-3H3,(H,24,28)(H,26,27);1-5,8,12H,6-7,9-11,21H2,(H,23,27)(H,22,24,25);1-2H3. The van der Waals surface area contributed by atoms with Gasteiger partial charge >= 0.3 is 0 Å². The Kier molecular flexibility index (Phi) is 19.1. The average Bonchev–Trinajstić information content (AvgIpc) is 3.73. The van der Waals surface area contributed by atoms with E-state index >= 15 is 0 Å². The van der Waals surface area contributed by atoms with Crippen molar-refractivity contribution in [2.24, 2.45) is 5.73 Å². The third-order valence-corrected chi connectivity index (χ3v) is 9.65. The second kappa shape index (κ2) is 24.1. The fourth-order valence-corrected chi connectivity index (χ4v) is 6.34. The van der Waals surface area contributed by atoms with Gasteiger partial charge in [0.2, 0.25) is 11.8 Å². The van der Waals surface area contributed by atoms with Gasteiger partial charge in [0, 0.05) is 62.6 Å². The second-order valence-corrected chi connectivity index (χ2v) is 15.1. The lowest BCUT2D eigenvalue weighted by Gasteiger charge is -2.38. The summed E-state index contributed by atoms with van der Waals surface area (Å²) in [5.74, 6) is 0.154. The molecule has 0 bridgehead atoms. The zero-order chi connectivity index (χ0) is 42.6. The molecule has 16 heteroatoms. The molecule has 1 aliphatic rings. The molecule has 3 amide bonds. The van der Waals surface area contributed by atoms with Crippen LogP contribution in [0.1, 0.15) is 55.2 Å². The molecular formula is C43H57ClN10O4S. The number of aromatic amines is 1. The number of amides is 3. The Morgan fingerprint density at radius 1 is 0.932 bits per heavy atom. The number of fused-ring (bicyclic) bond motifs is 1. The maximum atomic E-state index is 12.7. The highest BCUT2D eigenvalue weighted by Crippen LogP contribution is 2.29. The number of nitrogens with one attached hydrogen (secondary N) is 5. The van der Waals surface area contributed by atoms with Gasteiger partial charge in [-0.05, 0) is 79.3 Å². The topological polar surface area (TPSA) is 192 Å². The van der Waals surface area contributed by atoms with Gasteiger partial charge in [0.05, 0.1) is 29.8 Å². The fourth-order valence-electron chi connectivity index (χ4n) is 6.22. The number of ether oxygens (including phenoxy) is 1. The van der Waals surface area contributed by atoms with Crippen LogP contribution in [0.25, 0.3) is 22.2 Å². The quantitative estimate of drug-likeness (QED) is 0.0696. The molecule has 6 rings (SSSR count). The Hall–Kier alpha value is -5.06. The van der Waals surface area contributed by atoms with Gasteiger partial charge in [-0.25, -0.2) is 15.0 Å². The van der Waals surface area contributed by atoms with Gasteiger partial charge in [-0.1, -0.05) is 61.8 Å². The third kappa shape index (κ3) is 14.3. The lowest BCUT2D eigenvalue weighted by atomic mass is 9.87. The zero-order valence-electron chi connectivity index (χ0n) is 34.6. The van der Waals surface area contributed by atoms with Crippen LogP contribution in [0.4, 0.5) is 11.5 Å². The Morgan fingerprint density at radius 2 is 1.66 bits per heavy atom. The maximum absolute atomic E-state index is 12.7. The molecule has 316 valence electrons. The highest BCUT2D eigenvalue weighted by molar-refractivity contribution is 7.97. The highest BCUT2D eigenvalue weighted by Gasteiger charge is 2.38. The van der Waals surface area contributed by atoms with Gasteiger partial charge in [-0.2, -0.15) is 11.8 Å². The molecule has 0 saturated carbocycles. The number of nitrogens with zero attached hydrogens (tertiary/aromatic N) is 4. The number of carbonyl (C=O) groups excluding carboxylic acids is 3. The van der Waals surface area contributed by atoms with E-state index in [-0.39, 0.29) is 23.4 Å². The van der Waals surface area contributed by atoms with Crippen LogP contribution in [0.2, 0.25) is 5.02 Å². The molecule has 3 aromatic heterocycles. The van der Waals surface area contributed by atoms with Crippen molar-refractivity contribution in [2.45, 2.75) is 52.1 Å². The number of likely N-dealkylation sites (N-methyl/N-ethyl adjacent to an activating group) is 1. The number of piperidine rings is 1. The smallest absolute Gasteiger partial charge is 0.272 e. The van der Waals surface area contributed by atoms with Crippen molar-refractivity contribution in [1.82, 2.24) is 35.9 Å². The number of aryl methyl sites for hydroxylation is 1. The minimum Gasteiger partial charge on any atom is -0.378 e. The summed E-state index contributed by atoms with van der Waals surface area (Å²) in [5.41, 5.74) is 11.0. The van der Waals surface area contributed by atoms with Crippen molar-refractivity contribution in [2.75, 3.05) is 68.7 Å². The molecule has 0 atom stereocenters. The van der Waals surface area contributed by atoms with Crippen LogP contribution in [0.5, 0.6) is 0 Å². The number of carbonyl (C=O) groups is 3. The van der Waals surface area contributed by atoms with Crippen LogP contribution >= 0.6 is 23.4 Å². The number of aromatic nitrogens is 4. The number of anilines is 2. The minimum absolute atomic E-state index is 0.119. The highest BCUT2D eigenvalue weighted by atomic mass is 35.5. The van der Waals surface area contributed by atoms with Crippen molar-refractivity contribution in [1.29, 1.82) is 0 Å². The first-order chi connectivity index (χ1) is 28.5. The Labute approximate surface area is 356 Å². The van der Waals surface area contributed by atoms with E-state index < -0.39 is 5.54 Å². The van der Waals surface area contributed by atoms with E-state index in [1.807, 2.05) is 68.1 Å². The first-order valence-corrected chi connectivity index (χ1v) is 21.7. The van der Waals surface area contributed by atoms with Gasteiger partial charge in [0.25, 0.3) is 5.91 Å². The number of rotatable bonds is 15. The lowest BCUT2D eigenvalue weighted by Crippen LogP contribution is -2.59. The molecule has 4 heterocycles. The largest absolute Gasteiger partial charge is 0.378 e. The van der Waals surface area contributed by atoms with Gasteiger partial charge in [-0.15, -0.1) is 0 Å². The minimum atomic E-state index is -0.868. The van der Waals surface area contributed by atoms with E-state index in [9.17, 15) is 14.4 Å². The Bertz CT molecular complexity index is 2090. The fraction of sp³-hybridized carbons (Fsp3) is 0.395. The van der Waals surface area contributed by atoms with Gasteiger partial charge in [-0.3, -0.25) is 14.4 Å². The first kappa shape index (κ1) is 46.6. The van der Waals surface area contributed by atoms with Crippen LogP contribution in [-0.4, -0.2) is 102 Å². The number of thioether (sulfide) groups is 1. The molecule has 1 fully saturated rings. The number of halogens is 1. The average molecular weight is 846 g/mol. The maximum Gasteiger partial charge on any atom is 0.272 e. The lowest BCUT2D eigenvalue weighted by molar-refractivity contribution is -0.127. The molecular weight excluding hydrogens is 788 g/mol. The number of benzene rings is 2. The van der Waals surface area contributed by atoms with Crippen molar-refractivity contribution in [3.05, 3.63) is 101 Å². The van der Waals surface area contributed by atoms with E-state index in [0.717, 1.165) is 53.1 Å². The van der Waals surface area contributed by atoms with Gasteiger partial charge < -0.3 is 41.6 Å². The van der Waals surface area contributed by atoms with Crippen LogP contribution in [0.15, 0.2) is 79.4 Å². The number of nitrogens with two attached hydrogens (primary N) is 1. The van der Waals surface area contributed by atoms with E-state index in [0.29, 0.717) is 62.9 Å². The van der Waals surface area contributed by atoms with Crippen molar-refractivity contribution < 1.29 is 19.1 Å². The molecule has 2 aromatic carbocycles. The number of hydrogen-bond donors (Lipinski definition) is 6. The molecule has 5 aromatic rings. The van der Waals surface area contributed by atoms with Crippen LogP contribution in [-0.2, 0) is 27.3 Å². The van der Waals surface area contributed by atoms with Crippen molar-refractivity contribution in [3.63, 3.8) is 0 Å². The second-order valence-electron chi connectivity index (χ2n) is 13.9. The van der Waals surface area contributed by atoms with Gasteiger partial charge in [0.15, 0.2) is 5.69 Å². The summed E-state index contributed by atoms with van der Waals surface area (Å²) in [7, 11) is 0. The molecule has 7 N–H and O–H groups in total. The molecule has 1 saturated heterocycles. The summed E-state index contributed by atoms with van der Waals surface area (Å²) in [5, 5.41) is 13.3. The summed E-state index contributed by atoms with van der Waals surface area (Å²) in [6.07, 6.45) is 11.2. The zero-order valence-corrected chi connectivity index (χ0v) is 36.1. The van der Waals surface area contributed by atoms with Crippen LogP contribution in [0, 0.1) is 0 Å². The predicted octanol–water partition coefficient (Wildman–Crippen LogP) is 5.83. The van der Waals surface area contributed by atoms with Gasteiger partial charge in [0.1, 0.15) is 17.8 Å². The molecule has 14 nitrogen and oxygen atoms in total. The van der Waals surface area contributed by atoms with Crippen LogP contribution < -0.4 is 31.9 Å². The summed E-state index contributed by atoms with van der Waals surface area (Å²) in [4.78, 5) is 55.1. The van der Waals surface area contributed by atoms with Crippen molar-refractivity contribution in [3.8, 4) is 11.1 Å². The summed E-state index contributed by atoms with van der Waals surface area (Å²) in [6, 6.07) is 19.3. The SMILES string of the molecule is CCNCCOCCNC(=O)c1ncc(-c2cccc(CC)c2)cc1NC(C)=O.CSC.NC1(C(=O)NCc2ccc(Cl)cc2)CCN(c2ncnc3[nH]ccc23)CC1. The van der Waals surface area contributed by atoms with E-state index in [1.54, 1.807) is 30.4 Å².